The molecule has 1 saturated carbocycles. The number of likely N-dealkylation sites (N-methyl/N-ethyl adjacent to an activating group) is 1. The summed E-state index contributed by atoms with van der Waals surface area (Å²) in [7, 11) is 1.68. The zero-order valence-corrected chi connectivity index (χ0v) is 18.2. The molecule has 0 spiro atoms. The normalized spacial score (nSPS) is 15.7. The van der Waals surface area contributed by atoms with Crippen LogP contribution in [0.2, 0.25) is 15.1 Å². The Morgan fingerprint density at radius 3 is 2.34 bits per heavy atom. The monoisotopic (exact) mass is 454 g/mol. The Hall–Kier alpha value is -1.82. The van der Waals surface area contributed by atoms with Crippen molar-refractivity contribution in [1.29, 1.82) is 0 Å². The van der Waals surface area contributed by atoms with Gasteiger partial charge in [-0.3, -0.25) is 19.0 Å². The van der Waals surface area contributed by atoms with Crippen LogP contribution >= 0.6 is 34.8 Å². The van der Waals surface area contributed by atoms with E-state index in [0.717, 1.165) is 36.7 Å². The standard InChI is InChI=1S/C21H21Cl3N2O3/c1-25(15-5-3-2-4-6-15)21(29)19(26-12-14(23)8-10-18(26)27)20(28)16-9-7-13(22)11-17(16)24/h7-12,15,19H,2-6H2,1H3/t19-/m0/s1. The Labute approximate surface area is 184 Å². The molecule has 0 aliphatic heterocycles. The highest BCUT2D eigenvalue weighted by Gasteiger charge is 2.36. The van der Waals surface area contributed by atoms with Gasteiger partial charge in [0.1, 0.15) is 0 Å². The van der Waals surface area contributed by atoms with Gasteiger partial charge in [-0.1, -0.05) is 54.1 Å². The molecule has 0 unspecified atom stereocenters. The Kier molecular flexibility index (Phi) is 7.04. The first-order valence-electron chi connectivity index (χ1n) is 9.43. The van der Waals surface area contributed by atoms with Crippen LogP contribution in [0.5, 0.6) is 0 Å². The summed E-state index contributed by atoms with van der Waals surface area (Å²) >= 11 is 18.2. The predicted molar refractivity (Wildman–Crippen MR) is 115 cm³/mol. The number of aromatic nitrogens is 1. The van der Waals surface area contributed by atoms with Crippen LogP contribution < -0.4 is 5.56 Å². The summed E-state index contributed by atoms with van der Waals surface area (Å²) in [6.45, 7) is 0. The number of pyridine rings is 1. The fourth-order valence-electron chi connectivity index (χ4n) is 3.71. The molecule has 1 aliphatic rings. The van der Waals surface area contributed by atoms with Crippen LogP contribution in [0.25, 0.3) is 0 Å². The fraction of sp³-hybridized carbons (Fsp3) is 0.381. The number of rotatable bonds is 5. The van der Waals surface area contributed by atoms with Crippen LogP contribution in [0.15, 0.2) is 41.3 Å². The molecule has 0 saturated heterocycles. The van der Waals surface area contributed by atoms with Crippen molar-refractivity contribution in [2.75, 3.05) is 7.05 Å². The van der Waals surface area contributed by atoms with E-state index in [1.165, 1.54) is 36.5 Å². The van der Waals surface area contributed by atoms with E-state index in [2.05, 4.69) is 0 Å². The van der Waals surface area contributed by atoms with E-state index in [0.29, 0.717) is 5.02 Å². The van der Waals surface area contributed by atoms with Gasteiger partial charge in [-0.05, 0) is 37.1 Å². The highest BCUT2D eigenvalue weighted by molar-refractivity contribution is 6.37. The van der Waals surface area contributed by atoms with E-state index >= 15 is 0 Å². The molecular formula is C21H21Cl3N2O3. The SMILES string of the molecule is CN(C(=O)[C@H](C(=O)c1ccc(Cl)cc1Cl)n1cc(Cl)ccc1=O)C1CCCCC1. The molecular weight excluding hydrogens is 435 g/mol. The second-order valence-electron chi connectivity index (χ2n) is 7.22. The average Bonchev–Trinajstić information content (AvgIpc) is 2.70. The molecule has 3 rings (SSSR count). The summed E-state index contributed by atoms with van der Waals surface area (Å²) in [5.41, 5.74) is -0.374. The molecule has 1 aliphatic carbocycles. The van der Waals surface area contributed by atoms with Gasteiger partial charge in [0.2, 0.25) is 0 Å². The Morgan fingerprint density at radius 2 is 1.69 bits per heavy atom. The highest BCUT2D eigenvalue weighted by Crippen LogP contribution is 2.28. The molecule has 29 heavy (non-hydrogen) atoms. The summed E-state index contributed by atoms with van der Waals surface area (Å²) in [4.78, 5) is 40.9. The van der Waals surface area contributed by atoms with Crippen LogP contribution in [0, 0.1) is 0 Å². The molecule has 2 aromatic rings. The third-order valence-corrected chi connectivity index (χ3v) is 6.10. The second-order valence-corrected chi connectivity index (χ2v) is 8.50. The van der Waals surface area contributed by atoms with Crippen LogP contribution in [-0.2, 0) is 4.79 Å². The number of halogens is 3. The third kappa shape index (κ3) is 4.85. The van der Waals surface area contributed by atoms with E-state index in [-0.39, 0.29) is 21.7 Å². The van der Waals surface area contributed by atoms with Gasteiger partial charge >= 0.3 is 0 Å². The van der Waals surface area contributed by atoms with E-state index in [1.54, 1.807) is 11.9 Å². The van der Waals surface area contributed by atoms with Gasteiger partial charge in [-0.25, -0.2) is 0 Å². The Balaban J connectivity index is 2.06. The number of hydrogen-bond donors (Lipinski definition) is 0. The van der Waals surface area contributed by atoms with Crippen molar-refractivity contribution in [2.45, 2.75) is 44.2 Å². The van der Waals surface area contributed by atoms with Crippen molar-refractivity contribution < 1.29 is 9.59 Å². The van der Waals surface area contributed by atoms with Crippen LogP contribution in [0.3, 0.4) is 0 Å². The lowest BCUT2D eigenvalue weighted by Gasteiger charge is -2.33. The zero-order valence-electron chi connectivity index (χ0n) is 15.9. The summed E-state index contributed by atoms with van der Waals surface area (Å²) in [5, 5.41) is 0.738. The van der Waals surface area contributed by atoms with Crippen molar-refractivity contribution in [3.05, 3.63) is 67.5 Å². The maximum atomic E-state index is 13.4. The second kappa shape index (κ2) is 9.33. The molecule has 0 N–H and O–H groups in total. The maximum Gasteiger partial charge on any atom is 0.253 e. The average molecular weight is 456 g/mol. The smallest absolute Gasteiger partial charge is 0.253 e. The molecule has 5 nitrogen and oxygen atoms in total. The molecule has 0 radical (unpaired) electrons. The van der Waals surface area contributed by atoms with Crippen molar-refractivity contribution in [3.8, 4) is 0 Å². The third-order valence-electron chi connectivity index (χ3n) is 5.33. The minimum Gasteiger partial charge on any atom is -0.341 e. The lowest BCUT2D eigenvalue weighted by Crippen LogP contribution is -2.46. The minimum atomic E-state index is -1.40. The first-order valence-corrected chi connectivity index (χ1v) is 10.6. The molecule has 1 aromatic carbocycles. The summed E-state index contributed by atoms with van der Waals surface area (Å²) in [6, 6.07) is 5.71. The van der Waals surface area contributed by atoms with Crippen LogP contribution in [0.1, 0.15) is 48.5 Å². The Bertz CT molecular complexity index is 983. The van der Waals surface area contributed by atoms with Crippen molar-refractivity contribution in [1.82, 2.24) is 9.47 Å². The molecule has 1 heterocycles. The van der Waals surface area contributed by atoms with Crippen molar-refractivity contribution >= 4 is 46.5 Å². The van der Waals surface area contributed by atoms with Crippen LogP contribution in [-0.4, -0.2) is 34.2 Å². The highest BCUT2D eigenvalue weighted by atomic mass is 35.5. The number of Topliss-reactive ketones (excluding diaryl/α,β-unsaturated/α-hetero) is 1. The van der Waals surface area contributed by atoms with E-state index in [1.807, 2.05) is 0 Å². The van der Waals surface area contributed by atoms with E-state index in [4.69, 9.17) is 34.8 Å². The quantitative estimate of drug-likeness (QED) is 0.469. The van der Waals surface area contributed by atoms with Crippen molar-refractivity contribution in [2.24, 2.45) is 0 Å². The lowest BCUT2D eigenvalue weighted by molar-refractivity contribution is -0.134. The summed E-state index contributed by atoms with van der Waals surface area (Å²) < 4.78 is 1.08. The first kappa shape index (κ1) is 21.9. The Morgan fingerprint density at radius 1 is 1.03 bits per heavy atom. The maximum absolute atomic E-state index is 13.4. The number of ketones is 1. The molecule has 0 bridgehead atoms. The number of hydrogen-bond acceptors (Lipinski definition) is 3. The molecule has 1 amide bonds. The van der Waals surface area contributed by atoms with Gasteiger partial charge in [-0.15, -0.1) is 0 Å². The van der Waals surface area contributed by atoms with E-state index in [9.17, 15) is 14.4 Å². The lowest BCUT2D eigenvalue weighted by atomic mass is 9.93. The fourth-order valence-corrected chi connectivity index (χ4v) is 4.38. The molecule has 8 heteroatoms. The van der Waals surface area contributed by atoms with Gasteiger partial charge in [0.05, 0.1) is 10.0 Å². The number of amides is 1. The number of benzene rings is 1. The number of carbonyl (C=O) groups is 2. The van der Waals surface area contributed by atoms with Gasteiger partial charge in [0, 0.05) is 35.9 Å². The number of nitrogens with zero attached hydrogens (tertiary/aromatic N) is 2. The molecule has 1 fully saturated rings. The minimum absolute atomic E-state index is 0.0297. The number of carbonyl (C=O) groups excluding carboxylic acids is 2. The summed E-state index contributed by atoms with van der Waals surface area (Å²) in [6.07, 6.45) is 6.24. The van der Waals surface area contributed by atoms with Gasteiger partial charge in [0.25, 0.3) is 11.5 Å². The van der Waals surface area contributed by atoms with Gasteiger partial charge < -0.3 is 4.90 Å². The molecule has 1 aromatic heterocycles. The summed E-state index contributed by atoms with van der Waals surface area (Å²) in [5.74, 6) is -1.04. The van der Waals surface area contributed by atoms with Gasteiger partial charge in [-0.2, -0.15) is 0 Å². The zero-order chi connectivity index (χ0) is 21.1. The first-order chi connectivity index (χ1) is 13.8. The topological polar surface area (TPSA) is 59.4 Å². The van der Waals surface area contributed by atoms with E-state index < -0.39 is 23.3 Å². The van der Waals surface area contributed by atoms with Gasteiger partial charge in [0.15, 0.2) is 11.8 Å². The molecule has 1 atom stereocenters. The largest absolute Gasteiger partial charge is 0.341 e. The predicted octanol–water partition coefficient (Wildman–Crippen LogP) is 5.02. The van der Waals surface area contributed by atoms with Crippen molar-refractivity contribution in [3.63, 3.8) is 0 Å². The molecule has 154 valence electrons. The van der Waals surface area contributed by atoms with Crippen LogP contribution in [0.4, 0.5) is 0 Å².